The largest absolute Gasteiger partial charge is 0.390 e. The molecule has 1 aliphatic heterocycles. The van der Waals surface area contributed by atoms with Crippen LogP contribution < -0.4 is 5.32 Å². The molecule has 28 heavy (non-hydrogen) atoms. The minimum absolute atomic E-state index is 0.194. The van der Waals surface area contributed by atoms with Gasteiger partial charge in [-0.1, -0.05) is 24.3 Å². The van der Waals surface area contributed by atoms with Gasteiger partial charge in [0, 0.05) is 45.6 Å². The molecule has 0 spiro atoms. The number of β-amino-alcohol motifs (C(OH)–C–C–N with tert-alkyl or cyclic N) is 1. The Morgan fingerprint density at radius 2 is 2.14 bits per heavy atom. The van der Waals surface area contributed by atoms with Crippen LogP contribution in [0.15, 0.2) is 36.7 Å². The molecule has 1 aliphatic rings. The summed E-state index contributed by atoms with van der Waals surface area (Å²) in [6.45, 7) is 3.12. The smallest absolute Gasteiger partial charge is 0.270 e. The van der Waals surface area contributed by atoms with Crippen LogP contribution in [0.3, 0.4) is 0 Å². The van der Waals surface area contributed by atoms with Gasteiger partial charge in [-0.05, 0) is 36.5 Å². The first-order valence-corrected chi connectivity index (χ1v) is 9.71. The van der Waals surface area contributed by atoms with E-state index in [-0.39, 0.29) is 12.5 Å². The van der Waals surface area contributed by atoms with Crippen molar-refractivity contribution < 1.29 is 14.6 Å². The molecule has 1 atom stereocenters. The Labute approximate surface area is 165 Å². The van der Waals surface area contributed by atoms with E-state index in [2.05, 4.69) is 38.4 Å². The number of fused-ring (bicyclic) bond motifs is 1. The Kier molecular flexibility index (Phi) is 7.47. The van der Waals surface area contributed by atoms with E-state index in [0.717, 1.165) is 38.0 Å². The lowest BCUT2D eigenvalue weighted by Crippen LogP contribution is -2.42. The number of aliphatic hydroxyl groups is 1. The molecule has 1 amide bonds. The third-order valence-electron chi connectivity index (χ3n) is 4.91. The molecule has 1 aromatic carbocycles. The standard InChI is InChI=1S/C21H28N4O3/c1-28-10-4-7-18-11-20(24-15-23-18)21(27)22-12-19(26)14-25-9-8-16-5-2-3-6-17(16)13-25/h2-3,5-6,11,15,19,26H,4,7-10,12-14H2,1H3,(H,22,27)/t19-/m0/s1. The topological polar surface area (TPSA) is 87.6 Å². The van der Waals surface area contributed by atoms with E-state index >= 15 is 0 Å². The van der Waals surface area contributed by atoms with E-state index in [4.69, 9.17) is 4.74 Å². The fourth-order valence-corrected chi connectivity index (χ4v) is 3.43. The van der Waals surface area contributed by atoms with Gasteiger partial charge in [-0.2, -0.15) is 0 Å². The summed E-state index contributed by atoms with van der Waals surface area (Å²) in [5.41, 5.74) is 3.82. The minimum Gasteiger partial charge on any atom is -0.390 e. The second kappa shape index (κ2) is 10.3. The molecule has 0 bridgehead atoms. The number of nitrogens with one attached hydrogen (secondary N) is 1. The predicted molar refractivity (Wildman–Crippen MR) is 106 cm³/mol. The molecule has 1 aromatic heterocycles. The highest BCUT2D eigenvalue weighted by molar-refractivity contribution is 5.92. The molecule has 0 radical (unpaired) electrons. The lowest BCUT2D eigenvalue weighted by atomic mass is 10.00. The van der Waals surface area contributed by atoms with E-state index < -0.39 is 6.10 Å². The molecule has 7 nitrogen and oxygen atoms in total. The normalized spacial score (nSPS) is 15.1. The molecule has 2 heterocycles. The lowest BCUT2D eigenvalue weighted by molar-refractivity contribution is 0.0838. The summed E-state index contributed by atoms with van der Waals surface area (Å²) in [4.78, 5) is 22.8. The van der Waals surface area contributed by atoms with Crippen molar-refractivity contribution in [3.63, 3.8) is 0 Å². The van der Waals surface area contributed by atoms with Crippen molar-refractivity contribution >= 4 is 5.91 Å². The Morgan fingerprint density at radius 1 is 1.32 bits per heavy atom. The number of carbonyl (C=O) groups is 1. The lowest BCUT2D eigenvalue weighted by Gasteiger charge is -2.30. The van der Waals surface area contributed by atoms with Crippen molar-refractivity contribution in [2.75, 3.05) is 33.4 Å². The Balaban J connectivity index is 1.45. The number of aryl methyl sites for hydroxylation is 1. The first kappa shape index (κ1) is 20.4. The third kappa shape index (κ3) is 5.82. The highest BCUT2D eigenvalue weighted by atomic mass is 16.5. The zero-order chi connectivity index (χ0) is 19.8. The fourth-order valence-electron chi connectivity index (χ4n) is 3.43. The molecule has 0 aliphatic carbocycles. The number of hydrogen-bond acceptors (Lipinski definition) is 6. The van der Waals surface area contributed by atoms with Crippen molar-refractivity contribution in [1.82, 2.24) is 20.2 Å². The molecule has 2 aromatic rings. The first-order chi connectivity index (χ1) is 13.7. The number of carbonyl (C=O) groups excluding carboxylic acids is 1. The van der Waals surface area contributed by atoms with Crippen molar-refractivity contribution in [2.24, 2.45) is 0 Å². The average molecular weight is 384 g/mol. The van der Waals surface area contributed by atoms with E-state index in [0.29, 0.717) is 18.8 Å². The number of aliphatic hydroxyl groups excluding tert-OH is 1. The highest BCUT2D eigenvalue weighted by Gasteiger charge is 2.19. The number of benzene rings is 1. The second-order valence-electron chi connectivity index (χ2n) is 7.11. The van der Waals surface area contributed by atoms with Crippen LogP contribution in [0, 0.1) is 0 Å². The zero-order valence-corrected chi connectivity index (χ0v) is 16.3. The number of ether oxygens (including phenoxy) is 1. The van der Waals surface area contributed by atoms with E-state index in [1.54, 1.807) is 13.2 Å². The summed E-state index contributed by atoms with van der Waals surface area (Å²) in [7, 11) is 1.66. The van der Waals surface area contributed by atoms with Gasteiger partial charge in [0.15, 0.2) is 0 Å². The van der Waals surface area contributed by atoms with Crippen LogP contribution in [0.25, 0.3) is 0 Å². The summed E-state index contributed by atoms with van der Waals surface area (Å²) < 4.78 is 5.03. The number of aromatic nitrogens is 2. The summed E-state index contributed by atoms with van der Waals surface area (Å²) in [6.07, 6.45) is 3.33. The van der Waals surface area contributed by atoms with Gasteiger partial charge in [-0.3, -0.25) is 9.69 Å². The number of rotatable bonds is 9. The second-order valence-corrected chi connectivity index (χ2v) is 7.11. The third-order valence-corrected chi connectivity index (χ3v) is 4.91. The van der Waals surface area contributed by atoms with Crippen LogP contribution in [-0.2, 0) is 24.1 Å². The van der Waals surface area contributed by atoms with Crippen molar-refractivity contribution in [3.05, 3.63) is 59.2 Å². The maximum Gasteiger partial charge on any atom is 0.270 e. The molecule has 2 N–H and O–H groups in total. The summed E-state index contributed by atoms with van der Waals surface area (Å²) in [6, 6.07) is 10.1. The Hall–Kier alpha value is -2.35. The quantitative estimate of drug-likeness (QED) is 0.632. The Morgan fingerprint density at radius 3 is 2.96 bits per heavy atom. The van der Waals surface area contributed by atoms with Gasteiger partial charge < -0.3 is 15.2 Å². The maximum atomic E-state index is 12.3. The van der Waals surface area contributed by atoms with Gasteiger partial charge in [0.1, 0.15) is 12.0 Å². The molecule has 150 valence electrons. The number of nitrogens with zero attached hydrogens (tertiary/aromatic N) is 3. The van der Waals surface area contributed by atoms with Gasteiger partial charge in [0.25, 0.3) is 5.91 Å². The van der Waals surface area contributed by atoms with E-state index in [9.17, 15) is 9.90 Å². The molecule has 0 saturated heterocycles. The van der Waals surface area contributed by atoms with Gasteiger partial charge >= 0.3 is 0 Å². The molecule has 0 fully saturated rings. The zero-order valence-electron chi connectivity index (χ0n) is 16.3. The SMILES string of the molecule is COCCCc1cc(C(=O)NC[C@H](O)CN2CCc3ccccc3C2)ncn1. The van der Waals surface area contributed by atoms with Gasteiger partial charge in [-0.15, -0.1) is 0 Å². The summed E-state index contributed by atoms with van der Waals surface area (Å²) >= 11 is 0. The van der Waals surface area contributed by atoms with Crippen molar-refractivity contribution in [1.29, 1.82) is 0 Å². The Bertz CT molecular complexity index is 784. The fraction of sp³-hybridized carbons (Fsp3) is 0.476. The first-order valence-electron chi connectivity index (χ1n) is 9.71. The van der Waals surface area contributed by atoms with E-state index in [1.807, 2.05) is 6.07 Å². The van der Waals surface area contributed by atoms with Crippen LogP contribution in [0.5, 0.6) is 0 Å². The monoisotopic (exact) mass is 384 g/mol. The molecule has 0 saturated carbocycles. The molecule has 3 rings (SSSR count). The summed E-state index contributed by atoms with van der Waals surface area (Å²) in [5, 5.41) is 13.1. The average Bonchev–Trinajstić information content (AvgIpc) is 2.72. The number of hydrogen-bond donors (Lipinski definition) is 2. The van der Waals surface area contributed by atoms with Crippen LogP contribution in [0.2, 0.25) is 0 Å². The molecule has 0 unspecified atom stereocenters. The minimum atomic E-state index is -0.628. The van der Waals surface area contributed by atoms with Crippen LogP contribution in [0.1, 0.15) is 33.7 Å². The van der Waals surface area contributed by atoms with Crippen LogP contribution in [-0.4, -0.2) is 65.3 Å². The van der Waals surface area contributed by atoms with E-state index in [1.165, 1.54) is 17.5 Å². The van der Waals surface area contributed by atoms with Crippen molar-refractivity contribution in [3.8, 4) is 0 Å². The molecule has 7 heteroatoms. The number of amides is 1. The summed E-state index contributed by atoms with van der Waals surface area (Å²) in [5.74, 6) is -0.293. The maximum absolute atomic E-state index is 12.3. The number of methoxy groups -OCH3 is 1. The predicted octanol–water partition coefficient (Wildman–Crippen LogP) is 1.20. The molecular formula is C21H28N4O3. The highest BCUT2D eigenvalue weighted by Crippen LogP contribution is 2.18. The van der Waals surface area contributed by atoms with Crippen LogP contribution in [0.4, 0.5) is 0 Å². The van der Waals surface area contributed by atoms with Crippen LogP contribution >= 0.6 is 0 Å². The molecular weight excluding hydrogens is 356 g/mol. The van der Waals surface area contributed by atoms with Gasteiger partial charge in [-0.25, -0.2) is 9.97 Å². The van der Waals surface area contributed by atoms with Gasteiger partial charge in [0.2, 0.25) is 0 Å². The van der Waals surface area contributed by atoms with Gasteiger partial charge in [0.05, 0.1) is 6.10 Å². The van der Waals surface area contributed by atoms with Crippen molar-refractivity contribution in [2.45, 2.75) is 31.9 Å².